The molecule has 0 aliphatic carbocycles. The molecule has 0 unspecified atom stereocenters. The van der Waals surface area contributed by atoms with Crippen LogP contribution in [0, 0.1) is 0 Å². The number of halogens is 3. The summed E-state index contributed by atoms with van der Waals surface area (Å²) < 4.78 is 3.56. The van der Waals surface area contributed by atoms with Crippen LogP contribution >= 0.6 is 34.8 Å². The standard InChI is InChI=1S/C5H8O3.CHCl3/c1-4(6)3-8-5(2)7;2-1(3)4/h3H2,1-2H3;1H. The van der Waals surface area contributed by atoms with E-state index >= 15 is 0 Å². The minimum atomic E-state index is -0.750. The number of rotatable bonds is 2. The maximum absolute atomic E-state index is 10.1. The van der Waals surface area contributed by atoms with Crippen LogP contribution in [0.3, 0.4) is 0 Å². The first-order valence-corrected chi connectivity index (χ1v) is 4.22. The van der Waals surface area contributed by atoms with E-state index in [9.17, 15) is 9.59 Å². The first-order chi connectivity index (χ1) is 5.36. The molecule has 0 spiro atoms. The quantitative estimate of drug-likeness (QED) is 0.544. The predicted molar refractivity (Wildman–Crippen MR) is 48.7 cm³/mol. The Balaban J connectivity index is 0. The van der Waals surface area contributed by atoms with Gasteiger partial charge in [-0.05, 0) is 6.92 Å². The van der Waals surface area contributed by atoms with Crippen LogP contribution in [-0.4, -0.2) is 22.7 Å². The molecule has 0 rings (SSSR count). The molecule has 0 atom stereocenters. The fraction of sp³-hybridized carbons (Fsp3) is 0.667. The molecule has 6 heteroatoms. The summed E-state index contributed by atoms with van der Waals surface area (Å²) >= 11 is 14.4. The monoisotopic (exact) mass is 234 g/mol. The molecule has 0 radical (unpaired) electrons. The molecular formula is C6H9Cl3O3. The van der Waals surface area contributed by atoms with Crippen molar-refractivity contribution in [3.63, 3.8) is 0 Å². The molecule has 0 bridgehead atoms. The maximum atomic E-state index is 10.1. The first kappa shape index (κ1) is 14.5. The Hall–Kier alpha value is 0.01000. The zero-order valence-electron chi connectivity index (χ0n) is 6.64. The molecule has 0 fully saturated rings. The molecule has 72 valence electrons. The van der Waals surface area contributed by atoms with Gasteiger partial charge in [0.05, 0.1) is 0 Å². The average molecular weight is 235 g/mol. The van der Waals surface area contributed by atoms with E-state index in [4.69, 9.17) is 34.8 Å². The SMILES string of the molecule is CC(=O)COC(C)=O.ClC(Cl)Cl. The number of carbonyl (C=O) groups is 2. The fourth-order valence-corrected chi connectivity index (χ4v) is 0.203. The van der Waals surface area contributed by atoms with Gasteiger partial charge >= 0.3 is 5.97 Å². The Bertz CT molecular complexity index is 130. The summed E-state index contributed by atoms with van der Waals surface area (Å²) in [4.78, 5) is 20.0. The van der Waals surface area contributed by atoms with Gasteiger partial charge in [0.25, 0.3) is 0 Å². The molecule has 0 aliphatic rings. The minimum Gasteiger partial charge on any atom is -0.458 e. The summed E-state index contributed by atoms with van der Waals surface area (Å²) in [5.41, 5.74) is 0. The molecule has 0 saturated carbocycles. The van der Waals surface area contributed by atoms with Gasteiger partial charge in [-0.3, -0.25) is 9.59 Å². The smallest absolute Gasteiger partial charge is 0.303 e. The van der Waals surface area contributed by atoms with E-state index in [2.05, 4.69) is 4.74 Å². The summed E-state index contributed by atoms with van der Waals surface area (Å²) in [6.45, 7) is 2.53. The van der Waals surface area contributed by atoms with Crippen molar-refractivity contribution in [1.82, 2.24) is 0 Å². The number of ether oxygens (including phenoxy) is 1. The Kier molecular flexibility index (Phi) is 11.0. The molecule has 0 aromatic carbocycles. The van der Waals surface area contributed by atoms with Crippen LogP contribution < -0.4 is 0 Å². The topological polar surface area (TPSA) is 43.4 Å². The second kappa shape index (κ2) is 9.10. The number of Topliss-reactive ketones (excluding diaryl/α,β-unsaturated/α-hetero) is 1. The maximum Gasteiger partial charge on any atom is 0.303 e. The van der Waals surface area contributed by atoms with Gasteiger partial charge in [-0.2, -0.15) is 0 Å². The van der Waals surface area contributed by atoms with E-state index in [1.54, 1.807) is 0 Å². The molecular weight excluding hydrogens is 226 g/mol. The van der Waals surface area contributed by atoms with Crippen LogP contribution in [0.25, 0.3) is 0 Å². The largest absolute Gasteiger partial charge is 0.458 e. The predicted octanol–water partition coefficient (Wildman–Crippen LogP) is 2.12. The van der Waals surface area contributed by atoms with Crippen molar-refractivity contribution >= 4 is 46.6 Å². The van der Waals surface area contributed by atoms with E-state index in [0.29, 0.717) is 0 Å². The van der Waals surface area contributed by atoms with E-state index in [0.717, 1.165) is 0 Å². The van der Waals surface area contributed by atoms with Crippen LogP contribution in [0.15, 0.2) is 0 Å². The van der Waals surface area contributed by atoms with Crippen molar-refractivity contribution in [1.29, 1.82) is 0 Å². The highest BCUT2D eigenvalue weighted by Crippen LogP contribution is 2.03. The third kappa shape index (κ3) is 32.4. The molecule has 0 amide bonds. The average Bonchev–Trinajstić information content (AvgIpc) is 1.82. The second-order valence-electron chi connectivity index (χ2n) is 1.73. The molecule has 0 aromatic heterocycles. The van der Waals surface area contributed by atoms with Crippen molar-refractivity contribution in [2.45, 2.75) is 18.1 Å². The molecule has 0 saturated heterocycles. The summed E-state index contributed by atoms with van der Waals surface area (Å²) in [5, 5.41) is 0. The Morgan fingerprint density at radius 1 is 1.25 bits per heavy atom. The van der Waals surface area contributed by atoms with Crippen LogP contribution in [0.2, 0.25) is 0 Å². The van der Waals surface area contributed by atoms with E-state index in [-0.39, 0.29) is 12.4 Å². The molecule has 0 heterocycles. The number of hydrogen-bond acceptors (Lipinski definition) is 3. The molecule has 12 heavy (non-hydrogen) atoms. The van der Waals surface area contributed by atoms with Crippen molar-refractivity contribution in [3.8, 4) is 0 Å². The normalized spacial score (nSPS) is 8.50. The molecule has 0 N–H and O–H groups in total. The highest BCUT2D eigenvalue weighted by atomic mass is 35.6. The number of ketones is 1. The summed E-state index contributed by atoms with van der Waals surface area (Å²) in [5.74, 6) is -0.555. The lowest BCUT2D eigenvalue weighted by Gasteiger charge is -1.93. The van der Waals surface area contributed by atoms with Gasteiger partial charge in [0.2, 0.25) is 0 Å². The van der Waals surface area contributed by atoms with Crippen molar-refractivity contribution in [2.24, 2.45) is 0 Å². The van der Waals surface area contributed by atoms with Crippen molar-refractivity contribution in [2.75, 3.05) is 6.61 Å². The number of hydrogen-bond donors (Lipinski definition) is 0. The van der Waals surface area contributed by atoms with Crippen LogP contribution in [0.4, 0.5) is 0 Å². The van der Waals surface area contributed by atoms with E-state index < -0.39 is 10.3 Å². The second-order valence-corrected chi connectivity index (χ2v) is 3.71. The van der Waals surface area contributed by atoms with Gasteiger partial charge < -0.3 is 4.74 Å². The van der Waals surface area contributed by atoms with Gasteiger partial charge in [-0.15, -0.1) is 0 Å². The van der Waals surface area contributed by atoms with Crippen LogP contribution in [-0.2, 0) is 14.3 Å². The third-order valence-electron chi connectivity index (χ3n) is 0.479. The van der Waals surface area contributed by atoms with Gasteiger partial charge in [0, 0.05) is 6.92 Å². The zero-order valence-corrected chi connectivity index (χ0v) is 8.91. The van der Waals surface area contributed by atoms with Gasteiger partial charge in [-0.1, -0.05) is 34.8 Å². The van der Waals surface area contributed by atoms with E-state index in [1.807, 2.05) is 0 Å². The highest BCUT2D eigenvalue weighted by Gasteiger charge is 1.94. The van der Waals surface area contributed by atoms with E-state index in [1.165, 1.54) is 13.8 Å². The Morgan fingerprint density at radius 2 is 1.58 bits per heavy atom. The lowest BCUT2D eigenvalue weighted by molar-refractivity contribution is -0.145. The number of alkyl halides is 3. The first-order valence-electron chi connectivity index (χ1n) is 2.91. The summed E-state index contributed by atoms with van der Waals surface area (Å²) in [6.07, 6.45) is 0. The highest BCUT2D eigenvalue weighted by molar-refractivity contribution is 6.63. The van der Waals surface area contributed by atoms with Crippen LogP contribution in [0.1, 0.15) is 13.8 Å². The van der Waals surface area contributed by atoms with Crippen LogP contribution in [0.5, 0.6) is 0 Å². The van der Waals surface area contributed by atoms with Gasteiger partial charge in [0.1, 0.15) is 6.61 Å². The lowest BCUT2D eigenvalue weighted by atomic mass is 10.5. The zero-order chi connectivity index (χ0) is 10.1. The molecule has 0 aliphatic heterocycles. The van der Waals surface area contributed by atoms with Crippen molar-refractivity contribution < 1.29 is 14.3 Å². The van der Waals surface area contributed by atoms with Gasteiger partial charge in [-0.25, -0.2) is 0 Å². The minimum absolute atomic E-state index is 0.102. The fourth-order valence-electron chi connectivity index (χ4n) is 0.203. The number of esters is 1. The third-order valence-corrected chi connectivity index (χ3v) is 0.479. The lowest BCUT2D eigenvalue weighted by Crippen LogP contribution is -2.07. The van der Waals surface area contributed by atoms with Crippen molar-refractivity contribution in [3.05, 3.63) is 0 Å². The summed E-state index contributed by atoms with van der Waals surface area (Å²) in [7, 11) is 0. The summed E-state index contributed by atoms with van der Waals surface area (Å²) in [6, 6.07) is 0. The Labute approximate surface area is 85.9 Å². The van der Waals surface area contributed by atoms with Gasteiger partial charge in [0.15, 0.2) is 10.1 Å². The molecule has 3 nitrogen and oxygen atoms in total. The number of carbonyl (C=O) groups excluding carboxylic acids is 2. The molecule has 0 aromatic rings. The Morgan fingerprint density at radius 3 is 1.67 bits per heavy atom.